The number of likely N-dealkylation sites (tertiary alicyclic amines) is 1. The van der Waals surface area contributed by atoms with Gasteiger partial charge in [0.25, 0.3) is 0 Å². The van der Waals surface area contributed by atoms with E-state index < -0.39 is 0 Å². The Morgan fingerprint density at radius 3 is 2.68 bits per heavy atom. The minimum absolute atomic E-state index is 0.366. The quantitative estimate of drug-likeness (QED) is 0.862. The molecule has 1 saturated heterocycles. The maximum absolute atomic E-state index is 4.80. The van der Waals surface area contributed by atoms with Crippen LogP contribution in [0, 0.1) is 11.8 Å². The summed E-state index contributed by atoms with van der Waals surface area (Å²) in [5.41, 5.74) is 0. The van der Waals surface area contributed by atoms with E-state index in [9.17, 15) is 0 Å². The molecular formula is C17H26N8. The zero-order valence-corrected chi connectivity index (χ0v) is 15.0. The Hall–Kier alpha value is -1.83. The zero-order valence-electron chi connectivity index (χ0n) is 15.0. The molecule has 1 aliphatic heterocycles. The molecule has 8 nitrogen and oxygen atoms in total. The molecule has 0 amide bonds. The molecule has 1 N–H and O–H groups in total. The van der Waals surface area contributed by atoms with Crippen LogP contribution in [-0.4, -0.2) is 53.4 Å². The standard InChI is InChI=1S/C17H26N8/c1-10(2)16-18-17(21-20-16)14-8-24(7-13(14)11-3-4-11)9-15-19-22-23-25(15)12-5-6-12/h10-14H,3-9H2,1-2H3,(H,18,20,21)/t13-,14+/m1/s1. The minimum atomic E-state index is 0.366. The maximum atomic E-state index is 4.80. The smallest absolute Gasteiger partial charge is 0.165 e. The molecule has 0 bridgehead atoms. The highest BCUT2D eigenvalue weighted by Gasteiger charge is 2.44. The van der Waals surface area contributed by atoms with Gasteiger partial charge in [-0.2, -0.15) is 5.10 Å². The molecule has 3 fully saturated rings. The van der Waals surface area contributed by atoms with Gasteiger partial charge < -0.3 is 0 Å². The average Bonchev–Trinajstić information content (AvgIpc) is 3.48. The van der Waals surface area contributed by atoms with Crippen LogP contribution in [0.15, 0.2) is 0 Å². The van der Waals surface area contributed by atoms with Gasteiger partial charge in [-0.3, -0.25) is 10.00 Å². The summed E-state index contributed by atoms with van der Waals surface area (Å²) in [6, 6.07) is 0.533. The molecule has 5 rings (SSSR count). The fraction of sp³-hybridized carbons (Fsp3) is 0.824. The first-order valence-corrected chi connectivity index (χ1v) is 9.60. The molecule has 2 aliphatic carbocycles. The van der Waals surface area contributed by atoms with Crippen LogP contribution < -0.4 is 0 Å². The lowest BCUT2D eigenvalue weighted by Crippen LogP contribution is -2.23. The van der Waals surface area contributed by atoms with Crippen LogP contribution >= 0.6 is 0 Å². The van der Waals surface area contributed by atoms with Gasteiger partial charge in [-0.15, -0.1) is 5.10 Å². The van der Waals surface area contributed by atoms with E-state index in [0.29, 0.717) is 23.8 Å². The highest BCUT2D eigenvalue weighted by Crippen LogP contribution is 2.47. The molecular weight excluding hydrogens is 316 g/mol. The van der Waals surface area contributed by atoms with Gasteiger partial charge in [0.2, 0.25) is 0 Å². The summed E-state index contributed by atoms with van der Waals surface area (Å²) >= 11 is 0. The van der Waals surface area contributed by atoms with Crippen LogP contribution in [0.25, 0.3) is 0 Å². The second kappa shape index (κ2) is 5.86. The molecule has 2 aromatic rings. The third-order valence-electron chi connectivity index (χ3n) is 5.87. The number of hydrogen-bond acceptors (Lipinski definition) is 6. The highest BCUT2D eigenvalue weighted by molar-refractivity contribution is 5.10. The third kappa shape index (κ3) is 2.96. The lowest BCUT2D eigenvalue weighted by atomic mass is 9.91. The van der Waals surface area contributed by atoms with Gasteiger partial charge in [-0.05, 0) is 47.9 Å². The van der Waals surface area contributed by atoms with Gasteiger partial charge in [-0.25, -0.2) is 9.67 Å². The summed E-state index contributed by atoms with van der Waals surface area (Å²) in [5, 5.41) is 20.0. The molecule has 0 unspecified atom stereocenters. The van der Waals surface area contributed by atoms with Crippen molar-refractivity contribution in [3.05, 3.63) is 17.5 Å². The molecule has 2 atom stereocenters. The number of H-pyrrole nitrogens is 1. The van der Waals surface area contributed by atoms with Crippen molar-refractivity contribution in [1.29, 1.82) is 0 Å². The number of tetrazole rings is 1. The van der Waals surface area contributed by atoms with Crippen molar-refractivity contribution < 1.29 is 0 Å². The lowest BCUT2D eigenvalue weighted by molar-refractivity contribution is 0.294. The molecule has 8 heteroatoms. The predicted molar refractivity (Wildman–Crippen MR) is 90.8 cm³/mol. The SMILES string of the molecule is CC(C)c1n[nH]c([C@H]2CN(Cc3nnnn3C3CC3)C[C@@H]2C2CC2)n1. The molecule has 0 aromatic carbocycles. The lowest BCUT2D eigenvalue weighted by Gasteiger charge is -2.15. The first-order valence-electron chi connectivity index (χ1n) is 9.60. The Morgan fingerprint density at radius 1 is 1.16 bits per heavy atom. The number of rotatable bonds is 6. The van der Waals surface area contributed by atoms with Crippen molar-refractivity contribution >= 4 is 0 Å². The molecule has 0 radical (unpaired) electrons. The van der Waals surface area contributed by atoms with Crippen molar-refractivity contribution in [3.63, 3.8) is 0 Å². The van der Waals surface area contributed by atoms with Gasteiger partial charge in [0.1, 0.15) is 5.82 Å². The Kier molecular flexibility index (Phi) is 3.62. The summed E-state index contributed by atoms with van der Waals surface area (Å²) in [7, 11) is 0. The zero-order chi connectivity index (χ0) is 17.0. The van der Waals surface area contributed by atoms with Crippen molar-refractivity contribution in [1.82, 2.24) is 40.3 Å². The minimum Gasteiger partial charge on any atom is -0.295 e. The topological polar surface area (TPSA) is 88.4 Å². The van der Waals surface area contributed by atoms with E-state index in [4.69, 9.17) is 4.98 Å². The van der Waals surface area contributed by atoms with E-state index in [2.05, 4.69) is 44.5 Å². The molecule has 0 spiro atoms. The first-order chi connectivity index (χ1) is 12.2. The van der Waals surface area contributed by atoms with Crippen LogP contribution in [0.1, 0.15) is 74.9 Å². The van der Waals surface area contributed by atoms with E-state index in [1.807, 2.05) is 4.68 Å². The van der Waals surface area contributed by atoms with Crippen molar-refractivity contribution in [2.24, 2.45) is 11.8 Å². The average molecular weight is 342 g/mol. The summed E-state index contributed by atoms with van der Waals surface area (Å²) < 4.78 is 2.03. The van der Waals surface area contributed by atoms with E-state index in [1.165, 1.54) is 25.7 Å². The van der Waals surface area contributed by atoms with Crippen LogP contribution in [-0.2, 0) is 6.54 Å². The van der Waals surface area contributed by atoms with Crippen LogP contribution in [0.5, 0.6) is 0 Å². The third-order valence-corrected chi connectivity index (χ3v) is 5.87. The largest absolute Gasteiger partial charge is 0.295 e. The van der Waals surface area contributed by atoms with Crippen LogP contribution in [0.2, 0.25) is 0 Å². The van der Waals surface area contributed by atoms with Gasteiger partial charge in [-0.1, -0.05) is 13.8 Å². The van der Waals surface area contributed by atoms with Crippen molar-refractivity contribution in [2.45, 2.75) is 64.0 Å². The highest BCUT2D eigenvalue weighted by atomic mass is 15.6. The number of aromatic nitrogens is 7. The Balaban J connectivity index is 1.34. The predicted octanol–water partition coefficient (Wildman–Crippen LogP) is 1.88. The second-order valence-corrected chi connectivity index (χ2v) is 8.31. The van der Waals surface area contributed by atoms with E-state index in [0.717, 1.165) is 43.0 Å². The summed E-state index contributed by atoms with van der Waals surface area (Å²) in [6.45, 7) is 7.26. The van der Waals surface area contributed by atoms with E-state index in [-0.39, 0.29) is 0 Å². The number of nitrogens with zero attached hydrogens (tertiary/aromatic N) is 7. The fourth-order valence-corrected chi connectivity index (χ4v) is 4.16. The number of aromatic amines is 1. The number of hydrogen-bond donors (Lipinski definition) is 1. The Morgan fingerprint density at radius 2 is 2.00 bits per heavy atom. The van der Waals surface area contributed by atoms with Crippen molar-refractivity contribution in [2.75, 3.05) is 13.1 Å². The normalized spacial score (nSPS) is 27.5. The molecule has 2 saturated carbocycles. The Labute approximate surface area is 147 Å². The van der Waals surface area contributed by atoms with Crippen molar-refractivity contribution in [3.8, 4) is 0 Å². The fourth-order valence-electron chi connectivity index (χ4n) is 4.16. The monoisotopic (exact) mass is 342 g/mol. The summed E-state index contributed by atoms with van der Waals surface area (Å²) in [6.07, 6.45) is 5.14. The number of nitrogens with one attached hydrogen (secondary N) is 1. The first kappa shape index (κ1) is 15.4. The van der Waals surface area contributed by atoms with Crippen LogP contribution in [0.4, 0.5) is 0 Å². The molecule has 3 heterocycles. The van der Waals surface area contributed by atoms with Gasteiger partial charge in [0.15, 0.2) is 11.6 Å². The molecule has 3 aliphatic rings. The molecule has 25 heavy (non-hydrogen) atoms. The van der Waals surface area contributed by atoms with E-state index in [1.54, 1.807) is 0 Å². The maximum Gasteiger partial charge on any atom is 0.165 e. The second-order valence-electron chi connectivity index (χ2n) is 8.31. The van der Waals surface area contributed by atoms with E-state index >= 15 is 0 Å². The van der Waals surface area contributed by atoms with Gasteiger partial charge in [0, 0.05) is 24.9 Å². The Bertz CT molecular complexity index is 741. The summed E-state index contributed by atoms with van der Waals surface area (Å²) in [5.74, 6) is 5.37. The molecule has 134 valence electrons. The van der Waals surface area contributed by atoms with Gasteiger partial charge in [0.05, 0.1) is 12.6 Å². The molecule has 2 aromatic heterocycles. The van der Waals surface area contributed by atoms with Gasteiger partial charge >= 0.3 is 0 Å². The summed E-state index contributed by atoms with van der Waals surface area (Å²) in [4.78, 5) is 7.31. The van der Waals surface area contributed by atoms with Crippen LogP contribution in [0.3, 0.4) is 0 Å².